The van der Waals surface area contributed by atoms with E-state index in [0.717, 1.165) is 33.5 Å². The van der Waals surface area contributed by atoms with Gasteiger partial charge in [-0.1, -0.05) is 41.6 Å². The summed E-state index contributed by atoms with van der Waals surface area (Å²) in [6.45, 7) is 0.599. The fraction of sp³-hybridized carbons (Fsp3) is 0.105. The molecule has 0 N–H and O–H groups in total. The van der Waals surface area contributed by atoms with Crippen LogP contribution in [0.1, 0.15) is 5.76 Å². The molecule has 0 unspecified atom stereocenters. The van der Waals surface area contributed by atoms with E-state index < -0.39 is 0 Å². The summed E-state index contributed by atoms with van der Waals surface area (Å²) in [6, 6.07) is 17.8. The average Bonchev–Trinajstić information content (AvgIpc) is 3.33. The van der Waals surface area contributed by atoms with Crippen LogP contribution in [0.25, 0.3) is 22.6 Å². The van der Waals surface area contributed by atoms with Gasteiger partial charge in [-0.05, 0) is 12.1 Å². The number of rotatable bonds is 5. The number of hydrogen-bond donors (Lipinski definition) is 0. The first-order valence-electron chi connectivity index (χ1n) is 7.89. The molecule has 4 aromatic rings. The van der Waals surface area contributed by atoms with E-state index in [2.05, 4.69) is 32.6 Å². The van der Waals surface area contributed by atoms with Gasteiger partial charge in [0.05, 0.1) is 17.9 Å². The first kappa shape index (κ1) is 15.5. The van der Waals surface area contributed by atoms with Crippen LogP contribution in [0.3, 0.4) is 0 Å². The zero-order chi connectivity index (χ0) is 17.1. The highest BCUT2D eigenvalue weighted by Gasteiger charge is 2.13. The zero-order valence-corrected chi connectivity index (χ0v) is 14.5. The fourth-order valence-electron chi connectivity index (χ4n) is 2.50. The van der Waals surface area contributed by atoms with Crippen molar-refractivity contribution in [1.29, 1.82) is 0 Å². The first-order valence-corrected chi connectivity index (χ1v) is 8.76. The Morgan fingerprint density at radius 3 is 2.64 bits per heavy atom. The molecule has 0 fully saturated rings. The molecule has 1 aromatic carbocycles. The minimum atomic E-state index is 0.599. The molecule has 0 saturated carbocycles. The Bertz CT molecular complexity index is 950. The molecule has 0 saturated heterocycles. The number of aromatic nitrogens is 3. The molecule has 0 spiro atoms. The van der Waals surface area contributed by atoms with Crippen LogP contribution in [0, 0.1) is 0 Å². The van der Waals surface area contributed by atoms with Gasteiger partial charge in [-0.3, -0.25) is 4.98 Å². The number of anilines is 1. The predicted molar refractivity (Wildman–Crippen MR) is 99.4 cm³/mol. The summed E-state index contributed by atoms with van der Waals surface area (Å²) < 4.78 is 5.45. The van der Waals surface area contributed by atoms with Gasteiger partial charge in [-0.25, -0.2) is 4.98 Å². The van der Waals surface area contributed by atoms with Gasteiger partial charge in [0.2, 0.25) is 0 Å². The maximum atomic E-state index is 5.45. The van der Waals surface area contributed by atoms with Gasteiger partial charge in [-0.2, -0.15) is 0 Å². The summed E-state index contributed by atoms with van der Waals surface area (Å²) in [5, 5.41) is 7.11. The van der Waals surface area contributed by atoms with Crippen LogP contribution in [-0.2, 0) is 6.54 Å². The second-order valence-electron chi connectivity index (χ2n) is 5.63. The van der Waals surface area contributed by atoms with Crippen molar-refractivity contribution in [2.24, 2.45) is 0 Å². The standard InChI is InChI=1S/C19H16N4OS/c1-23(19-21-18(13-25-19)14-7-3-2-4-8-14)12-15-11-17(22-24-15)16-9-5-6-10-20-16/h2-11,13H,12H2,1H3. The van der Waals surface area contributed by atoms with Gasteiger partial charge in [-0.15, -0.1) is 11.3 Å². The van der Waals surface area contributed by atoms with E-state index in [4.69, 9.17) is 9.51 Å². The largest absolute Gasteiger partial charge is 0.359 e. The Labute approximate surface area is 149 Å². The summed E-state index contributed by atoms with van der Waals surface area (Å²) in [5.41, 5.74) is 3.66. The minimum absolute atomic E-state index is 0.599. The Morgan fingerprint density at radius 1 is 1.00 bits per heavy atom. The summed E-state index contributed by atoms with van der Waals surface area (Å²) in [6.07, 6.45) is 1.75. The lowest BCUT2D eigenvalue weighted by molar-refractivity contribution is 0.385. The number of benzene rings is 1. The van der Waals surface area contributed by atoms with Crippen molar-refractivity contribution in [3.63, 3.8) is 0 Å². The predicted octanol–water partition coefficient (Wildman–Crippen LogP) is 4.50. The second-order valence-corrected chi connectivity index (χ2v) is 6.47. The molecular formula is C19H16N4OS. The van der Waals surface area contributed by atoms with Crippen molar-refractivity contribution >= 4 is 16.5 Å². The molecule has 124 valence electrons. The van der Waals surface area contributed by atoms with Gasteiger partial charge in [0.15, 0.2) is 10.9 Å². The molecule has 4 rings (SSSR count). The monoisotopic (exact) mass is 348 g/mol. The van der Waals surface area contributed by atoms with Gasteiger partial charge in [0.1, 0.15) is 5.69 Å². The molecule has 3 aromatic heterocycles. The molecule has 0 aliphatic rings. The maximum Gasteiger partial charge on any atom is 0.186 e. The van der Waals surface area contributed by atoms with Gasteiger partial charge < -0.3 is 9.42 Å². The molecule has 5 nitrogen and oxygen atoms in total. The zero-order valence-electron chi connectivity index (χ0n) is 13.7. The van der Waals surface area contributed by atoms with Crippen LogP contribution >= 0.6 is 11.3 Å². The van der Waals surface area contributed by atoms with Gasteiger partial charge in [0, 0.05) is 30.3 Å². The summed E-state index contributed by atoms with van der Waals surface area (Å²) in [7, 11) is 2.00. The van der Waals surface area contributed by atoms with Gasteiger partial charge in [0.25, 0.3) is 0 Å². The second kappa shape index (κ2) is 6.86. The molecule has 0 bridgehead atoms. The molecule has 0 aliphatic carbocycles. The van der Waals surface area contributed by atoms with Crippen molar-refractivity contribution in [2.75, 3.05) is 11.9 Å². The van der Waals surface area contributed by atoms with E-state index in [1.165, 1.54) is 0 Å². The van der Waals surface area contributed by atoms with E-state index in [1.807, 2.05) is 49.5 Å². The average molecular weight is 348 g/mol. The van der Waals surface area contributed by atoms with Crippen molar-refractivity contribution in [2.45, 2.75) is 6.54 Å². The Balaban J connectivity index is 1.49. The van der Waals surface area contributed by atoms with Crippen LogP contribution in [0.5, 0.6) is 0 Å². The Morgan fingerprint density at radius 2 is 1.84 bits per heavy atom. The summed E-state index contributed by atoms with van der Waals surface area (Å²) in [5.74, 6) is 0.777. The quantitative estimate of drug-likeness (QED) is 0.532. The normalized spacial score (nSPS) is 10.8. The molecule has 6 heteroatoms. The van der Waals surface area contributed by atoms with Gasteiger partial charge >= 0.3 is 0 Å². The number of pyridine rings is 1. The van der Waals surface area contributed by atoms with Crippen molar-refractivity contribution in [3.05, 3.63) is 71.9 Å². The summed E-state index contributed by atoms with van der Waals surface area (Å²) >= 11 is 1.62. The molecule has 0 atom stereocenters. The van der Waals surface area contributed by atoms with E-state index in [1.54, 1.807) is 17.5 Å². The fourth-order valence-corrected chi connectivity index (χ4v) is 3.31. The molecule has 0 aliphatic heterocycles. The van der Waals surface area contributed by atoms with Crippen molar-refractivity contribution in [1.82, 2.24) is 15.1 Å². The lowest BCUT2D eigenvalue weighted by Crippen LogP contribution is -2.15. The minimum Gasteiger partial charge on any atom is -0.359 e. The lowest BCUT2D eigenvalue weighted by atomic mass is 10.2. The summed E-state index contributed by atoms with van der Waals surface area (Å²) in [4.78, 5) is 11.1. The van der Waals surface area contributed by atoms with E-state index in [0.29, 0.717) is 6.54 Å². The highest BCUT2D eigenvalue weighted by Crippen LogP contribution is 2.28. The molecule has 25 heavy (non-hydrogen) atoms. The van der Waals surface area contributed by atoms with E-state index in [9.17, 15) is 0 Å². The van der Waals surface area contributed by atoms with Crippen LogP contribution in [0.15, 0.2) is 70.7 Å². The lowest BCUT2D eigenvalue weighted by Gasteiger charge is -2.12. The highest BCUT2D eigenvalue weighted by atomic mass is 32.1. The molecular weight excluding hydrogens is 332 g/mol. The maximum absolute atomic E-state index is 5.45. The SMILES string of the molecule is CN(Cc1cc(-c2ccccn2)no1)c1nc(-c2ccccc2)cs1. The molecule has 3 heterocycles. The topological polar surface area (TPSA) is 55.1 Å². The van der Waals surface area contributed by atoms with Crippen LogP contribution in [-0.4, -0.2) is 22.2 Å². The first-order chi connectivity index (χ1) is 12.3. The highest BCUT2D eigenvalue weighted by molar-refractivity contribution is 7.14. The third-order valence-corrected chi connectivity index (χ3v) is 4.72. The third kappa shape index (κ3) is 3.44. The van der Waals surface area contributed by atoms with Crippen molar-refractivity contribution < 1.29 is 4.52 Å². The Hall–Kier alpha value is -2.99. The van der Waals surface area contributed by atoms with Crippen molar-refractivity contribution in [3.8, 4) is 22.6 Å². The molecule has 0 amide bonds. The number of nitrogens with zero attached hydrogens (tertiary/aromatic N) is 4. The number of thiazole rings is 1. The van der Waals surface area contributed by atoms with Crippen LogP contribution < -0.4 is 4.90 Å². The molecule has 0 radical (unpaired) electrons. The van der Waals surface area contributed by atoms with Crippen LogP contribution in [0.4, 0.5) is 5.13 Å². The number of hydrogen-bond acceptors (Lipinski definition) is 6. The van der Waals surface area contributed by atoms with E-state index in [-0.39, 0.29) is 0 Å². The smallest absolute Gasteiger partial charge is 0.186 e. The van der Waals surface area contributed by atoms with Crippen LogP contribution in [0.2, 0.25) is 0 Å². The Kier molecular flexibility index (Phi) is 4.26. The van der Waals surface area contributed by atoms with E-state index >= 15 is 0 Å². The third-order valence-electron chi connectivity index (χ3n) is 3.77.